The van der Waals surface area contributed by atoms with Crippen LogP contribution in [-0.2, 0) is 10.0 Å². The Morgan fingerprint density at radius 2 is 1.79 bits per heavy atom. The Kier molecular flexibility index (Phi) is 4.20. The molecule has 1 atom stereocenters. The van der Waals surface area contributed by atoms with Gasteiger partial charge in [0.25, 0.3) is 0 Å². The van der Waals surface area contributed by atoms with Gasteiger partial charge in [-0.1, -0.05) is 29.3 Å². The number of sulfonamides is 1. The highest BCUT2D eigenvalue weighted by molar-refractivity contribution is 7.89. The van der Waals surface area contributed by atoms with Gasteiger partial charge in [0, 0.05) is 0 Å². The molecule has 4 nitrogen and oxygen atoms in total. The summed E-state index contributed by atoms with van der Waals surface area (Å²) in [5.74, 6) is 0.506. The molecule has 102 valence electrons. The van der Waals surface area contributed by atoms with Crippen LogP contribution in [-0.4, -0.2) is 8.42 Å². The van der Waals surface area contributed by atoms with Crippen LogP contribution in [0.5, 0.6) is 0 Å². The Morgan fingerprint density at radius 1 is 1.16 bits per heavy atom. The molecular weight excluding hydrogens is 309 g/mol. The topological polar surface area (TPSA) is 59.3 Å². The van der Waals surface area contributed by atoms with Gasteiger partial charge >= 0.3 is 0 Å². The van der Waals surface area contributed by atoms with Gasteiger partial charge in [0.1, 0.15) is 10.7 Å². The zero-order valence-corrected chi connectivity index (χ0v) is 12.3. The Morgan fingerprint density at radius 3 is 2.32 bits per heavy atom. The van der Waals surface area contributed by atoms with E-state index in [9.17, 15) is 8.42 Å². The fraction of sp³-hybridized carbons (Fsp3) is 0.167. The van der Waals surface area contributed by atoms with Gasteiger partial charge in [0.2, 0.25) is 10.0 Å². The maximum absolute atomic E-state index is 12.3. The largest absolute Gasteiger partial charge is 0.468 e. The minimum absolute atomic E-state index is 0.0756. The van der Waals surface area contributed by atoms with Crippen molar-refractivity contribution in [1.82, 2.24) is 4.72 Å². The van der Waals surface area contributed by atoms with Gasteiger partial charge in [-0.2, -0.15) is 0 Å². The van der Waals surface area contributed by atoms with Crippen LogP contribution in [0.4, 0.5) is 0 Å². The standard InChI is InChI=1S/C12H11Cl2NO3S/c1-8(11-6-3-7-18-11)15-19(16,17)12-9(13)4-2-5-10(12)14/h2-8,15H,1H3/t8-/m0/s1. The molecule has 1 heterocycles. The van der Waals surface area contributed by atoms with Crippen LogP contribution in [0, 0.1) is 0 Å². The molecule has 0 saturated heterocycles. The first-order chi connectivity index (χ1) is 8.92. The van der Waals surface area contributed by atoms with Crippen molar-refractivity contribution in [3.05, 3.63) is 52.4 Å². The third-order valence-electron chi connectivity index (χ3n) is 2.49. The minimum atomic E-state index is -3.82. The molecule has 2 rings (SSSR count). The zero-order valence-electron chi connectivity index (χ0n) is 9.93. The molecule has 0 unspecified atom stereocenters. The predicted molar refractivity (Wildman–Crippen MR) is 73.9 cm³/mol. The van der Waals surface area contributed by atoms with Crippen LogP contribution >= 0.6 is 23.2 Å². The van der Waals surface area contributed by atoms with Crippen LogP contribution in [0.3, 0.4) is 0 Å². The Balaban J connectivity index is 2.33. The summed E-state index contributed by atoms with van der Waals surface area (Å²) in [5.41, 5.74) is 0. The number of nitrogens with one attached hydrogen (secondary N) is 1. The van der Waals surface area contributed by atoms with Crippen molar-refractivity contribution < 1.29 is 12.8 Å². The van der Waals surface area contributed by atoms with Crippen LogP contribution < -0.4 is 4.72 Å². The van der Waals surface area contributed by atoms with Gasteiger partial charge in [0.15, 0.2) is 0 Å². The number of hydrogen-bond donors (Lipinski definition) is 1. The number of hydrogen-bond acceptors (Lipinski definition) is 3. The molecule has 2 aromatic rings. The highest BCUT2D eigenvalue weighted by Crippen LogP contribution is 2.30. The van der Waals surface area contributed by atoms with Crippen LogP contribution in [0.25, 0.3) is 0 Å². The number of halogens is 2. The molecule has 0 bridgehead atoms. The predicted octanol–water partition coefficient (Wildman–Crippen LogP) is 3.63. The molecule has 0 fully saturated rings. The van der Waals surface area contributed by atoms with E-state index in [1.54, 1.807) is 25.1 Å². The summed E-state index contributed by atoms with van der Waals surface area (Å²) in [7, 11) is -3.82. The lowest BCUT2D eigenvalue weighted by atomic mass is 10.3. The van der Waals surface area contributed by atoms with Crippen molar-refractivity contribution >= 4 is 33.2 Å². The highest BCUT2D eigenvalue weighted by atomic mass is 35.5. The van der Waals surface area contributed by atoms with E-state index in [4.69, 9.17) is 27.6 Å². The smallest absolute Gasteiger partial charge is 0.244 e. The van der Waals surface area contributed by atoms with Gasteiger partial charge in [0.05, 0.1) is 22.4 Å². The molecule has 0 spiro atoms. The van der Waals surface area contributed by atoms with Gasteiger partial charge in [-0.3, -0.25) is 0 Å². The molecule has 1 N–H and O–H groups in total. The third-order valence-corrected chi connectivity index (χ3v) is 4.98. The third kappa shape index (κ3) is 3.12. The zero-order chi connectivity index (χ0) is 14.0. The number of benzene rings is 1. The van der Waals surface area contributed by atoms with Gasteiger partial charge in [-0.05, 0) is 31.2 Å². The quantitative estimate of drug-likeness (QED) is 0.936. The van der Waals surface area contributed by atoms with Crippen molar-refractivity contribution in [2.24, 2.45) is 0 Å². The first-order valence-corrected chi connectivity index (χ1v) is 7.65. The molecular formula is C12H11Cl2NO3S. The van der Waals surface area contributed by atoms with E-state index in [-0.39, 0.29) is 14.9 Å². The van der Waals surface area contributed by atoms with E-state index in [1.165, 1.54) is 18.4 Å². The first-order valence-electron chi connectivity index (χ1n) is 5.41. The lowest BCUT2D eigenvalue weighted by Crippen LogP contribution is -2.27. The van der Waals surface area contributed by atoms with Crippen molar-refractivity contribution in [1.29, 1.82) is 0 Å². The van der Waals surface area contributed by atoms with E-state index < -0.39 is 16.1 Å². The maximum Gasteiger partial charge on any atom is 0.244 e. The normalized spacial score (nSPS) is 13.4. The van der Waals surface area contributed by atoms with Gasteiger partial charge < -0.3 is 4.42 Å². The van der Waals surface area contributed by atoms with Gasteiger partial charge in [-0.25, -0.2) is 13.1 Å². The second kappa shape index (κ2) is 5.54. The summed E-state index contributed by atoms with van der Waals surface area (Å²) in [4.78, 5) is -0.128. The summed E-state index contributed by atoms with van der Waals surface area (Å²) in [6, 6.07) is 7.37. The molecule has 1 aromatic heterocycles. The Labute approximate surface area is 121 Å². The molecule has 0 aliphatic rings. The van der Waals surface area contributed by atoms with E-state index in [1.807, 2.05) is 0 Å². The van der Waals surface area contributed by atoms with Crippen molar-refractivity contribution in [3.63, 3.8) is 0 Å². The van der Waals surface area contributed by atoms with Crippen molar-refractivity contribution in [2.45, 2.75) is 17.9 Å². The fourth-order valence-corrected chi connectivity index (χ4v) is 3.98. The minimum Gasteiger partial charge on any atom is -0.468 e. The summed E-state index contributed by atoms with van der Waals surface area (Å²) < 4.78 is 32.1. The molecule has 7 heteroatoms. The summed E-state index contributed by atoms with van der Waals surface area (Å²) in [6.45, 7) is 1.67. The summed E-state index contributed by atoms with van der Waals surface area (Å²) in [6.07, 6.45) is 1.47. The lowest BCUT2D eigenvalue weighted by molar-refractivity contribution is 0.459. The van der Waals surface area contributed by atoms with Crippen molar-refractivity contribution in [2.75, 3.05) is 0 Å². The molecule has 0 aliphatic heterocycles. The molecule has 1 aromatic carbocycles. The second-order valence-corrected chi connectivity index (χ2v) is 6.37. The van der Waals surface area contributed by atoms with Crippen molar-refractivity contribution in [3.8, 4) is 0 Å². The van der Waals surface area contributed by atoms with E-state index in [0.717, 1.165) is 0 Å². The number of furan rings is 1. The Bertz CT molecular complexity index is 648. The average Bonchev–Trinajstić information content (AvgIpc) is 2.80. The van der Waals surface area contributed by atoms with Crippen LogP contribution in [0.2, 0.25) is 10.0 Å². The lowest BCUT2D eigenvalue weighted by Gasteiger charge is -2.14. The maximum atomic E-state index is 12.3. The number of rotatable bonds is 4. The highest BCUT2D eigenvalue weighted by Gasteiger charge is 2.24. The van der Waals surface area contributed by atoms with E-state index in [0.29, 0.717) is 5.76 Å². The summed E-state index contributed by atoms with van der Waals surface area (Å²) in [5, 5.41) is 0.151. The first kappa shape index (κ1) is 14.4. The summed E-state index contributed by atoms with van der Waals surface area (Å²) >= 11 is 11.8. The molecule has 0 amide bonds. The molecule has 0 radical (unpaired) electrons. The molecule has 0 saturated carbocycles. The average molecular weight is 320 g/mol. The van der Waals surface area contributed by atoms with Crippen LogP contribution in [0.15, 0.2) is 45.9 Å². The van der Waals surface area contributed by atoms with E-state index >= 15 is 0 Å². The monoisotopic (exact) mass is 319 g/mol. The molecule has 19 heavy (non-hydrogen) atoms. The molecule has 0 aliphatic carbocycles. The fourth-order valence-electron chi connectivity index (χ4n) is 1.63. The van der Waals surface area contributed by atoms with E-state index in [2.05, 4.69) is 4.72 Å². The Hall–Kier alpha value is -1.01. The van der Waals surface area contributed by atoms with Crippen LogP contribution in [0.1, 0.15) is 18.7 Å². The van der Waals surface area contributed by atoms with Gasteiger partial charge in [-0.15, -0.1) is 0 Å². The second-order valence-electron chi connectivity index (χ2n) is 3.91. The SMILES string of the molecule is C[C@H](NS(=O)(=O)c1c(Cl)cccc1Cl)c1ccco1.